The molecule has 0 bridgehead atoms. The Balaban J connectivity index is 2.81. The fourth-order valence-electron chi connectivity index (χ4n) is 0.931. The van der Waals surface area contributed by atoms with E-state index in [1.54, 1.807) is 0 Å². The fraction of sp³-hybridized carbons (Fsp3) is 0. The van der Waals surface area contributed by atoms with Crippen LogP contribution in [0.15, 0.2) is 23.2 Å². The van der Waals surface area contributed by atoms with Crippen molar-refractivity contribution in [2.24, 2.45) is 4.99 Å². The summed E-state index contributed by atoms with van der Waals surface area (Å²) in [5, 5.41) is 2.31. The highest BCUT2D eigenvalue weighted by Crippen LogP contribution is 2.22. The molecule has 0 radical (unpaired) electrons. The van der Waals surface area contributed by atoms with E-state index in [1.165, 1.54) is 11.7 Å². The number of isothiocyanates is 1. The number of rotatable bonds is 1. The monoisotopic (exact) mass is 193 g/mol. The van der Waals surface area contributed by atoms with Crippen molar-refractivity contribution in [3.63, 3.8) is 0 Å². The summed E-state index contributed by atoms with van der Waals surface area (Å²) in [5.74, 6) is 0. The van der Waals surface area contributed by atoms with Gasteiger partial charge in [0.1, 0.15) is 16.7 Å². The lowest BCUT2D eigenvalue weighted by molar-refractivity contribution is 1.55. The maximum Gasteiger partial charge on any atom is 0.131 e. The first-order valence-electron chi connectivity index (χ1n) is 3.21. The van der Waals surface area contributed by atoms with Gasteiger partial charge in [-0.1, -0.05) is 6.07 Å². The zero-order valence-corrected chi connectivity index (χ0v) is 7.52. The molecule has 0 spiro atoms. The van der Waals surface area contributed by atoms with Crippen molar-refractivity contribution in [1.82, 2.24) is 8.75 Å². The SMILES string of the molecule is S=C=Nc1cccc2nsnc12. The Morgan fingerprint density at radius 1 is 1.42 bits per heavy atom. The summed E-state index contributed by atoms with van der Waals surface area (Å²) in [6.45, 7) is 0. The third kappa shape index (κ3) is 1.14. The van der Waals surface area contributed by atoms with Gasteiger partial charge in [0.05, 0.1) is 16.9 Å². The van der Waals surface area contributed by atoms with Gasteiger partial charge < -0.3 is 0 Å². The molecule has 0 aliphatic heterocycles. The van der Waals surface area contributed by atoms with E-state index in [2.05, 4.69) is 31.1 Å². The van der Waals surface area contributed by atoms with Crippen LogP contribution in [0.2, 0.25) is 0 Å². The van der Waals surface area contributed by atoms with Gasteiger partial charge in [0, 0.05) is 0 Å². The van der Waals surface area contributed by atoms with E-state index >= 15 is 0 Å². The Hall–Kier alpha value is -1.16. The highest BCUT2D eigenvalue weighted by molar-refractivity contribution is 7.78. The van der Waals surface area contributed by atoms with Crippen LogP contribution < -0.4 is 0 Å². The van der Waals surface area contributed by atoms with E-state index in [-0.39, 0.29) is 0 Å². The molecule has 2 aromatic rings. The molecule has 2 rings (SSSR count). The van der Waals surface area contributed by atoms with Gasteiger partial charge in [-0.2, -0.15) is 13.7 Å². The lowest BCUT2D eigenvalue weighted by Crippen LogP contribution is -1.69. The number of fused-ring (bicyclic) bond motifs is 1. The average molecular weight is 193 g/mol. The van der Waals surface area contributed by atoms with Gasteiger partial charge in [-0.15, -0.1) is 0 Å². The Bertz CT molecular complexity index is 456. The smallest absolute Gasteiger partial charge is 0.131 e. The Morgan fingerprint density at radius 2 is 2.33 bits per heavy atom. The molecule has 0 saturated heterocycles. The second-order valence-electron chi connectivity index (χ2n) is 2.11. The predicted octanol–water partition coefficient (Wildman–Crippen LogP) is 2.43. The first-order valence-corrected chi connectivity index (χ1v) is 4.35. The summed E-state index contributed by atoms with van der Waals surface area (Å²) in [6.07, 6.45) is 0. The molecule has 0 aliphatic rings. The van der Waals surface area contributed by atoms with Crippen LogP contribution in [0.4, 0.5) is 5.69 Å². The fourth-order valence-corrected chi connectivity index (χ4v) is 1.57. The molecule has 3 nitrogen and oxygen atoms in total. The van der Waals surface area contributed by atoms with Crippen LogP contribution in [0.3, 0.4) is 0 Å². The van der Waals surface area contributed by atoms with Crippen LogP contribution in [0, 0.1) is 0 Å². The topological polar surface area (TPSA) is 38.1 Å². The largest absolute Gasteiger partial charge is 0.192 e. The molecule has 1 heterocycles. The summed E-state index contributed by atoms with van der Waals surface area (Å²) in [5.41, 5.74) is 2.38. The van der Waals surface area contributed by atoms with E-state index in [4.69, 9.17) is 0 Å². The highest BCUT2D eigenvalue weighted by atomic mass is 32.1. The minimum atomic E-state index is 0.733. The Morgan fingerprint density at radius 3 is 3.17 bits per heavy atom. The van der Waals surface area contributed by atoms with Crippen LogP contribution in [0.25, 0.3) is 11.0 Å². The van der Waals surface area contributed by atoms with Gasteiger partial charge in [-0.3, -0.25) is 0 Å². The number of nitrogens with zero attached hydrogens (tertiary/aromatic N) is 3. The van der Waals surface area contributed by atoms with Crippen molar-refractivity contribution >= 4 is 45.8 Å². The first-order chi connectivity index (χ1) is 5.92. The average Bonchev–Trinajstić information content (AvgIpc) is 2.53. The molecule has 0 saturated carbocycles. The van der Waals surface area contributed by atoms with Crippen LogP contribution in [-0.2, 0) is 0 Å². The van der Waals surface area contributed by atoms with Crippen molar-refractivity contribution in [3.05, 3.63) is 18.2 Å². The molecule has 1 aromatic heterocycles. The van der Waals surface area contributed by atoms with Crippen molar-refractivity contribution in [1.29, 1.82) is 0 Å². The van der Waals surface area contributed by atoms with Crippen LogP contribution >= 0.6 is 23.9 Å². The number of benzene rings is 1. The highest BCUT2D eigenvalue weighted by Gasteiger charge is 2.01. The van der Waals surface area contributed by atoms with Gasteiger partial charge in [0.15, 0.2) is 0 Å². The van der Waals surface area contributed by atoms with Gasteiger partial charge in [0.25, 0.3) is 0 Å². The van der Waals surface area contributed by atoms with Gasteiger partial charge in [-0.25, -0.2) is 0 Å². The maximum atomic E-state index is 4.51. The molecule has 0 N–H and O–H groups in total. The quantitative estimate of drug-likeness (QED) is 0.515. The molecular weight excluding hydrogens is 190 g/mol. The molecular formula is C7H3N3S2. The summed E-state index contributed by atoms with van der Waals surface area (Å²) in [7, 11) is 0. The van der Waals surface area contributed by atoms with Crippen LogP contribution in [-0.4, -0.2) is 13.9 Å². The van der Waals surface area contributed by atoms with Crippen molar-refractivity contribution in [2.45, 2.75) is 0 Å². The second-order valence-corrected chi connectivity index (χ2v) is 2.82. The second kappa shape index (κ2) is 3.06. The van der Waals surface area contributed by atoms with Crippen molar-refractivity contribution in [2.75, 3.05) is 0 Å². The van der Waals surface area contributed by atoms with E-state index in [0.29, 0.717) is 0 Å². The predicted molar refractivity (Wildman–Crippen MR) is 52.1 cm³/mol. The summed E-state index contributed by atoms with van der Waals surface area (Å²) in [4.78, 5) is 3.88. The molecule has 0 fully saturated rings. The summed E-state index contributed by atoms with van der Waals surface area (Å²) >= 11 is 5.68. The van der Waals surface area contributed by atoms with Crippen molar-refractivity contribution in [3.8, 4) is 0 Å². The minimum Gasteiger partial charge on any atom is -0.192 e. The molecule has 1 aromatic carbocycles. The van der Waals surface area contributed by atoms with Gasteiger partial charge in [0.2, 0.25) is 0 Å². The number of hydrogen-bond donors (Lipinski definition) is 0. The lowest BCUT2D eigenvalue weighted by atomic mass is 10.3. The van der Waals surface area contributed by atoms with Crippen LogP contribution in [0.1, 0.15) is 0 Å². The number of aliphatic imine (C=N–C) groups is 1. The maximum absolute atomic E-state index is 4.51. The van der Waals surface area contributed by atoms with E-state index < -0.39 is 0 Å². The zero-order chi connectivity index (χ0) is 8.39. The van der Waals surface area contributed by atoms with E-state index in [1.807, 2.05) is 18.2 Å². The molecule has 5 heteroatoms. The standard InChI is InChI=1S/C7H3N3S2/c11-4-8-5-2-1-3-6-7(5)10-12-9-6/h1-3H. The summed E-state index contributed by atoms with van der Waals surface area (Å²) in [6, 6.07) is 5.60. The van der Waals surface area contributed by atoms with Crippen molar-refractivity contribution < 1.29 is 0 Å². The minimum absolute atomic E-state index is 0.733. The van der Waals surface area contributed by atoms with Crippen LogP contribution in [0.5, 0.6) is 0 Å². The molecule has 0 unspecified atom stereocenters. The molecule has 0 aliphatic carbocycles. The van der Waals surface area contributed by atoms with Gasteiger partial charge >= 0.3 is 0 Å². The summed E-state index contributed by atoms with van der Waals surface area (Å²) < 4.78 is 8.16. The number of thiocarbonyl (C=S) groups is 1. The lowest BCUT2D eigenvalue weighted by Gasteiger charge is -1.89. The van der Waals surface area contributed by atoms with Gasteiger partial charge in [-0.05, 0) is 24.4 Å². The molecule has 58 valence electrons. The molecule has 0 atom stereocenters. The van der Waals surface area contributed by atoms with E-state index in [0.717, 1.165) is 16.7 Å². The third-order valence-corrected chi connectivity index (χ3v) is 2.06. The normalized spacial score (nSPS) is 9.67. The number of aromatic nitrogens is 2. The molecule has 12 heavy (non-hydrogen) atoms. The van der Waals surface area contributed by atoms with E-state index in [9.17, 15) is 0 Å². The Labute approximate surface area is 78.1 Å². The Kier molecular flexibility index (Phi) is 1.91. The first kappa shape index (κ1) is 7.49. The third-order valence-electron chi connectivity index (χ3n) is 1.43. The molecule has 0 amide bonds. The number of hydrogen-bond acceptors (Lipinski definition) is 5. The zero-order valence-electron chi connectivity index (χ0n) is 5.89.